The number of nitrogens with zero attached hydrogens (tertiary/aromatic N) is 1. The van der Waals surface area contributed by atoms with Crippen LogP contribution in [0.2, 0.25) is 0 Å². The molecule has 0 atom stereocenters. The summed E-state index contributed by atoms with van der Waals surface area (Å²) in [6.07, 6.45) is 3.10. The molecule has 0 heterocycles. The third-order valence-electron chi connectivity index (χ3n) is 4.28. The minimum Gasteiger partial charge on any atom is -0.329 e. The van der Waals surface area contributed by atoms with Gasteiger partial charge in [0, 0.05) is 17.6 Å². The zero-order valence-electron chi connectivity index (χ0n) is 12.8. The standard InChI is InChI=1S/C14H21N3O4S/c1-10-5-6-11(2)13(12(10)17(18)19)22(20,21)16-14(9-15)7-3-4-8-14/h5-6,16H,3-4,7-9,15H2,1-2H3. The Bertz CT molecular complexity index is 694. The van der Waals surface area contributed by atoms with Gasteiger partial charge in [-0.25, -0.2) is 13.1 Å². The smallest absolute Gasteiger partial charge is 0.292 e. The van der Waals surface area contributed by atoms with Gasteiger partial charge in [-0.15, -0.1) is 0 Å². The molecule has 1 fully saturated rings. The molecule has 1 aliphatic rings. The highest BCUT2D eigenvalue weighted by atomic mass is 32.2. The van der Waals surface area contributed by atoms with Crippen LogP contribution >= 0.6 is 0 Å². The Morgan fingerprint density at radius 1 is 1.27 bits per heavy atom. The number of nitro benzene ring substituents is 1. The second-order valence-corrected chi connectivity index (χ2v) is 7.55. The molecule has 7 nitrogen and oxygen atoms in total. The molecule has 0 aliphatic heterocycles. The van der Waals surface area contributed by atoms with Crippen molar-refractivity contribution in [1.82, 2.24) is 4.72 Å². The first kappa shape index (κ1) is 16.9. The lowest BCUT2D eigenvalue weighted by Gasteiger charge is -2.28. The number of hydrogen-bond acceptors (Lipinski definition) is 5. The minimum absolute atomic E-state index is 0.185. The molecule has 1 aliphatic carbocycles. The van der Waals surface area contributed by atoms with E-state index in [0.717, 1.165) is 12.8 Å². The second kappa shape index (κ2) is 5.94. The number of nitrogens with two attached hydrogens (primary N) is 1. The van der Waals surface area contributed by atoms with Crippen LogP contribution in [-0.2, 0) is 10.0 Å². The molecule has 0 aromatic heterocycles. The van der Waals surface area contributed by atoms with Crippen molar-refractivity contribution >= 4 is 15.7 Å². The highest BCUT2D eigenvalue weighted by molar-refractivity contribution is 7.89. The molecule has 8 heteroatoms. The quantitative estimate of drug-likeness (QED) is 0.631. The van der Waals surface area contributed by atoms with Gasteiger partial charge in [-0.1, -0.05) is 25.0 Å². The van der Waals surface area contributed by atoms with Crippen molar-refractivity contribution in [1.29, 1.82) is 0 Å². The summed E-state index contributed by atoms with van der Waals surface area (Å²) >= 11 is 0. The number of benzene rings is 1. The van der Waals surface area contributed by atoms with E-state index in [-0.39, 0.29) is 17.1 Å². The lowest BCUT2D eigenvalue weighted by Crippen LogP contribution is -2.51. The Kier molecular flexibility index (Phi) is 4.55. The third kappa shape index (κ3) is 2.99. The molecule has 1 aromatic carbocycles. The highest BCUT2D eigenvalue weighted by Gasteiger charge is 2.40. The van der Waals surface area contributed by atoms with Crippen LogP contribution in [0.25, 0.3) is 0 Å². The Morgan fingerprint density at radius 2 is 1.82 bits per heavy atom. The summed E-state index contributed by atoms with van der Waals surface area (Å²) in [7, 11) is -4.01. The van der Waals surface area contributed by atoms with Crippen molar-refractivity contribution in [3.05, 3.63) is 33.4 Å². The lowest BCUT2D eigenvalue weighted by atomic mass is 10.0. The van der Waals surface area contributed by atoms with Crippen LogP contribution < -0.4 is 10.5 Å². The van der Waals surface area contributed by atoms with Crippen LogP contribution in [-0.4, -0.2) is 25.4 Å². The fourth-order valence-electron chi connectivity index (χ4n) is 3.07. The topological polar surface area (TPSA) is 115 Å². The second-order valence-electron chi connectivity index (χ2n) is 5.93. The van der Waals surface area contributed by atoms with Gasteiger partial charge < -0.3 is 5.73 Å². The SMILES string of the molecule is Cc1ccc(C)c(S(=O)(=O)NC2(CN)CCCC2)c1[N+](=O)[O-]. The van der Waals surface area contributed by atoms with Crippen LogP contribution in [0.4, 0.5) is 5.69 Å². The number of nitro groups is 1. The summed E-state index contributed by atoms with van der Waals surface area (Å²) in [5, 5.41) is 11.3. The average Bonchev–Trinajstić information content (AvgIpc) is 2.88. The molecule has 3 N–H and O–H groups in total. The summed E-state index contributed by atoms with van der Waals surface area (Å²) in [4.78, 5) is 10.4. The molecule has 0 bridgehead atoms. The fourth-order valence-corrected chi connectivity index (χ4v) is 5.01. The molecule has 0 unspecified atom stereocenters. The lowest BCUT2D eigenvalue weighted by molar-refractivity contribution is -0.388. The van der Waals surface area contributed by atoms with Gasteiger partial charge in [0.15, 0.2) is 4.90 Å². The summed E-state index contributed by atoms with van der Waals surface area (Å²) in [5.74, 6) is 0. The van der Waals surface area contributed by atoms with Crippen molar-refractivity contribution in [2.24, 2.45) is 5.73 Å². The van der Waals surface area contributed by atoms with Crippen molar-refractivity contribution < 1.29 is 13.3 Å². The molecule has 1 saturated carbocycles. The van der Waals surface area contributed by atoms with Gasteiger partial charge in [0.05, 0.1) is 4.92 Å². The Hall–Kier alpha value is -1.51. The summed E-state index contributed by atoms with van der Waals surface area (Å²) in [5.41, 5.74) is 5.38. The van der Waals surface area contributed by atoms with E-state index in [4.69, 9.17) is 5.73 Å². The zero-order valence-corrected chi connectivity index (χ0v) is 13.6. The molecule has 0 amide bonds. The van der Waals surface area contributed by atoms with Crippen molar-refractivity contribution in [3.63, 3.8) is 0 Å². The van der Waals surface area contributed by atoms with Crippen LogP contribution in [0.1, 0.15) is 36.8 Å². The third-order valence-corrected chi connectivity index (χ3v) is 6.04. The van der Waals surface area contributed by atoms with E-state index < -0.39 is 20.5 Å². The molecule has 1 aromatic rings. The first-order valence-electron chi connectivity index (χ1n) is 7.21. The normalized spacial score (nSPS) is 17.6. The van der Waals surface area contributed by atoms with Crippen LogP contribution in [0.15, 0.2) is 17.0 Å². The maximum absolute atomic E-state index is 12.8. The number of hydrogen-bond donors (Lipinski definition) is 2. The van der Waals surface area contributed by atoms with Gasteiger partial charge in [0.2, 0.25) is 10.0 Å². The largest absolute Gasteiger partial charge is 0.329 e. The van der Waals surface area contributed by atoms with Gasteiger partial charge >= 0.3 is 0 Å². The monoisotopic (exact) mass is 327 g/mol. The first-order chi connectivity index (χ1) is 10.2. The molecular formula is C14H21N3O4S. The minimum atomic E-state index is -4.01. The number of rotatable bonds is 5. The predicted octanol–water partition coefficient (Wildman–Crippen LogP) is 1.76. The van der Waals surface area contributed by atoms with Crippen LogP contribution in [0, 0.1) is 24.0 Å². The molecule has 0 saturated heterocycles. The highest BCUT2D eigenvalue weighted by Crippen LogP contribution is 2.34. The van der Waals surface area contributed by atoms with E-state index in [9.17, 15) is 18.5 Å². The number of aryl methyl sites for hydroxylation is 2. The maximum Gasteiger partial charge on any atom is 0.292 e. The van der Waals surface area contributed by atoms with E-state index in [0.29, 0.717) is 24.0 Å². The Balaban J connectivity index is 2.55. The van der Waals surface area contributed by atoms with Crippen molar-refractivity contribution in [3.8, 4) is 0 Å². The maximum atomic E-state index is 12.8. The predicted molar refractivity (Wildman–Crippen MR) is 83.1 cm³/mol. The van der Waals surface area contributed by atoms with Gasteiger partial charge in [-0.05, 0) is 32.3 Å². The van der Waals surface area contributed by atoms with Crippen molar-refractivity contribution in [2.45, 2.75) is 50.0 Å². The molecule has 22 heavy (non-hydrogen) atoms. The molecule has 0 radical (unpaired) electrons. The number of nitrogens with one attached hydrogen (secondary N) is 1. The van der Waals surface area contributed by atoms with Crippen LogP contribution in [0.5, 0.6) is 0 Å². The van der Waals surface area contributed by atoms with E-state index in [1.54, 1.807) is 19.1 Å². The Morgan fingerprint density at radius 3 is 2.32 bits per heavy atom. The van der Waals surface area contributed by atoms with Gasteiger partial charge in [0.25, 0.3) is 5.69 Å². The number of sulfonamides is 1. The van der Waals surface area contributed by atoms with Gasteiger partial charge in [0.1, 0.15) is 0 Å². The van der Waals surface area contributed by atoms with E-state index >= 15 is 0 Å². The van der Waals surface area contributed by atoms with Crippen molar-refractivity contribution in [2.75, 3.05) is 6.54 Å². The first-order valence-corrected chi connectivity index (χ1v) is 8.69. The Labute approximate surface area is 130 Å². The summed E-state index contributed by atoms with van der Waals surface area (Å²) < 4.78 is 28.2. The van der Waals surface area contributed by atoms with E-state index in [1.165, 1.54) is 6.92 Å². The average molecular weight is 327 g/mol. The van der Waals surface area contributed by atoms with E-state index in [2.05, 4.69) is 4.72 Å². The molecule has 2 rings (SSSR count). The zero-order chi connectivity index (χ0) is 16.5. The van der Waals surface area contributed by atoms with Gasteiger partial charge in [-0.2, -0.15) is 0 Å². The summed E-state index contributed by atoms with van der Waals surface area (Å²) in [6, 6.07) is 3.14. The van der Waals surface area contributed by atoms with E-state index in [1.807, 2.05) is 0 Å². The molecule has 122 valence electrons. The summed E-state index contributed by atoms with van der Waals surface area (Å²) in [6.45, 7) is 3.28. The fraction of sp³-hybridized carbons (Fsp3) is 0.571. The van der Waals surface area contributed by atoms with Crippen LogP contribution in [0.3, 0.4) is 0 Å². The van der Waals surface area contributed by atoms with Gasteiger partial charge in [-0.3, -0.25) is 10.1 Å². The molecule has 0 spiro atoms. The molecular weight excluding hydrogens is 306 g/mol.